The topological polar surface area (TPSA) is 9.23 Å². The number of aryl methyl sites for hydroxylation is 2. The van der Waals surface area contributed by atoms with Crippen LogP contribution in [0, 0.1) is 29.3 Å². The average Bonchev–Trinajstić information content (AvgIpc) is 2.84. The fraction of sp³-hybridized carbons (Fsp3) is 0.172. The van der Waals surface area contributed by atoms with Crippen LogP contribution >= 0.6 is 0 Å². The summed E-state index contributed by atoms with van der Waals surface area (Å²) in [7, 11) is 1.69. The van der Waals surface area contributed by atoms with Gasteiger partial charge in [-0.25, -0.2) is 13.2 Å². The van der Waals surface area contributed by atoms with Crippen LogP contribution in [0.1, 0.15) is 27.8 Å². The van der Waals surface area contributed by atoms with Gasteiger partial charge >= 0.3 is 0 Å². The molecule has 0 saturated carbocycles. The Kier molecular flexibility index (Phi) is 7.12. The molecule has 0 aliphatic carbocycles. The standard InChI is InChI=1S/C29H23F3O/c1-33-17-16-21-4-2-20(3-5-21)6-7-23-9-12-24(28(31)19-23)11-8-22-10-14-26-25(18-22)13-15-27(30)29(26)32/h2-5,9-10,12-15,18-19H,6-7,16-17H2,1H3. The number of rotatable bonds is 6. The predicted molar refractivity (Wildman–Crippen MR) is 126 cm³/mol. The van der Waals surface area contributed by atoms with Crippen molar-refractivity contribution in [2.45, 2.75) is 19.3 Å². The normalized spacial score (nSPS) is 10.8. The molecule has 0 radical (unpaired) electrons. The lowest BCUT2D eigenvalue weighted by Crippen LogP contribution is -1.96. The fourth-order valence-corrected chi connectivity index (χ4v) is 3.68. The average molecular weight is 444 g/mol. The van der Waals surface area contributed by atoms with Crippen molar-refractivity contribution < 1.29 is 17.9 Å². The monoisotopic (exact) mass is 444 g/mol. The highest BCUT2D eigenvalue weighted by atomic mass is 19.2. The van der Waals surface area contributed by atoms with E-state index in [2.05, 4.69) is 36.1 Å². The lowest BCUT2D eigenvalue weighted by Gasteiger charge is -2.06. The third-order valence-corrected chi connectivity index (χ3v) is 5.60. The number of ether oxygens (including phenoxy) is 1. The molecule has 0 spiro atoms. The first kappa shape index (κ1) is 22.6. The van der Waals surface area contributed by atoms with Crippen LogP contribution < -0.4 is 0 Å². The molecule has 0 atom stereocenters. The highest BCUT2D eigenvalue weighted by molar-refractivity contribution is 5.84. The van der Waals surface area contributed by atoms with Gasteiger partial charge in [-0.3, -0.25) is 0 Å². The van der Waals surface area contributed by atoms with Gasteiger partial charge in [0.15, 0.2) is 11.6 Å². The summed E-state index contributed by atoms with van der Waals surface area (Å²) in [6, 6.07) is 20.8. The summed E-state index contributed by atoms with van der Waals surface area (Å²) in [4.78, 5) is 0. The van der Waals surface area contributed by atoms with E-state index in [1.165, 1.54) is 29.3 Å². The minimum atomic E-state index is -0.886. The molecule has 0 unspecified atom stereocenters. The molecule has 0 saturated heterocycles. The number of fused-ring (bicyclic) bond motifs is 1. The molecule has 0 heterocycles. The summed E-state index contributed by atoms with van der Waals surface area (Å²) in [5.74, 6) is 3.61. The van der Waals surface area contributed by atoms with Gasteiger partial charge < -0.3 is 4.74 Å². The Morgan fingerprint density at radius 2 is 1.36 bits per heavy atom. The van der Waals surface area contributed by atoms with Gasteiger partial charge in [-0.05, 0) is 71.7 Å². The van der Waals surface area contributed by atoms with E-state index in [4.69, 9.17) is 4.74 Å². The molecule has 0 aliphatic rings. The smallest absolute Gasteiger partial charge is 0.166 e. The molecule has 0 N–H and O–H groups in total. The molecule has 4 aromatic carbocycles. The third kappa shape index (κ3) is 5.63. The van der Waals surface area contributed by atoms with Crippen LogP contribution in [0.3, 0.4) is 0 Å². The Morgan fingerprint density at radius 3 is 2.09 bits per heavy atom. The van der Waals surface area contributed by atoms with Crippen molar-refractivity contribution in [1.82, 2.24) is 0 Å². The van der Waals surface area contributed by atoms with Gasteiger partial charge in [0.25, 0.3) is 0 Å². The lowest BCUT2D eigenvalue weighted by molar-refractivity contribution is 0.202. The van der Waals surface area contributed by atoms with Crippen molar-refractivity contribution in [3.63, 3.8) is 0 Å². The van der Waals surface area contributed by atoms with Crippen molar-refractivity contribution in [2.75, 3.05) is 13.7 Å². The largest absolute Gasteiger partial charge is 0.384 e. The molecule has 4 heteroatoms. The SMILES string of the molecule is COCCc1ccc(CCc2ccc(C#Cc3ccc4c(F)c(F)ccc4c3)c(F)c2)cc1. The van der Waals surface area contributed by atoms with Gasteiger partial charge in [-0.2, -0.15) is 0 Å². The number of benzene rings is 4. The van der Waals surface area contributed by atoms with Crippen LogP contribution in [0.2, 0.25) is 0 Å². The lowest BCUT2D eigenvalue weighted by atomic mass is 10.0. The number of hydrogen-bond donors (Lipinski definition) is 0. The molecule has 0 aromatic heterocycles. The maximum absolute atomic E-state index is 14.6. The summed E-state index contributed by atoms with van der Waals surface area (Å²) in [5.41, 5.74) is 4.24. The number of hydrogen-bond acceptors (Lipinski definition) is 1. The third-order valence-electron chi connectivity index (χ3n) is 5.60. The van der Waals surface area contributed by atoms with Gasteiger partial charge in [0.1, 0.15) is 5.82 Å². The zero-order chi connectivity index (χ0) is 23.2. The second kappa shape index (κ2) is 10.4. The summed E-state index contributed by atoms with van der Waals surface area (Å²) >= 11 is 0. The van der Waals surface area contributed by atoms with Crippen molar-refractivity contribution in [1.29, 1.82) is 0 Å². The van der Waals surface area contributed by atoms with Crippen LogP contribution in [-0.2, 0) is 24.0 Å². The first-order valence-electron chi connectivity index (χ1n) is 10.8. The molecule has 166 valence electrons. The Bertz CT molecular complexity index is 1330. The number of methoxy groups -OCH3 is 1. The Labute approximate surface area is 191 Å². The van der Waals surface area contributed by atoms with Crippen molar-refractivity contribution in [2.24, 2.45) is 0 Å². The second-order valence-electron chi connectivity index (χ2n) is 7.92. The van der Waals surface area contributed by atoms with Gasteiger partial charge in [0.2, 0.25) is 0 Å². The van der Waals surface area contributed by atoms with Gasteiger partial charge in [0, 0.05) is 18.1 Å². The second-order valence-corrected chi connectivity index (χ2v) is 7.92. The van der Waals surface area contributed by atoms with Gasteiger partial charge in [0.05, 0.1) is 12.2 Å². The summed E-state index contributed by atoms with van der Waals surface area (Å²) in [6.45, 7) is 0.702. The minimum Gasteiger partial charge on any atom is -0.384 e. The maximum Gasteiger partial charge on any atom is 0.166 e. The molecule has 4 aromatic rings. The highest BCUT2D eigenvalue weighted by Crippen LogP contribution is 2.21. The van der Waals surface area contributed by atoms with E-state index in [1.807, 2.05) is 6.07 Å². The summed E-state index contributed by atoms with van der Waals surface area (Å²) in [5, 5.41) is 0.740. The van der Waals surface area contributed by atoms with Crippen molar-refractivity contribution in [3.05, 3.63) is 118 Å². The van der Waals surface area contributed by atoms with Gasteiger partial charge in [-0.15, -0.1) is 0 Å². The van der Waals surface area contributed by atoms with E-state index in [1.54, 1.807) is 25.3 Å². The van der Waals surface area contributed by atoms with Crippen LogP contribution in [-0.4, -0.2) is 13.7 Å². The van der Waals surface area contributed by atoms with Gasteiger partial charge in [-0.1, -0.05) is 54.3 Å². The van der Waals surface area contributed by atoms with Crippen LogP contribution in [0.25, 0.3) is 10.8 Å². The minimum absolute atomic E-state index is 0.195. The first-order valence-corrected chi connectivity index (χ1v) is 10.8. The molecular formula is C29H23F3O. The molecule has 0 amide bonds. The molecule has 0 aliphatic heterocycles. The van der Waals surface area contributed by atoms with E-state index in [0.29, 0.717) is 23.1 Å². The van der Waals surface area contributed by atoms with E-state index in [0.717, 1.165) is 30.9 Å². The molecule has 0 fully saturated rings. The predicted octanol–water partition coefficient (Wildman–Crippen LogP) is 6.63. The van der Waals surface area contributed by atoms with Crippen LogP contribution in [0.15, 0.2) is 72.8 Å². The Morgan fingerprint density at radius 1 is 0.667 bits per heavy atom. The maximum atomic E-state index is 14.6. The molecule has 0 bridgehead atoms. The highest BCUT2D eigenvalue weighted by Gasteiger charge is 2.07. The molecule has 4 rings (SSSR count). The zero-order valence-electron chi connectivity index (χ0n) is 18.3. The summed E-state index contributed by atoms with van der Waals surface area (Å²) < 4.78 is 46.9. The Hall–Kier alpha value is -3.55. The van der Waals surface area contributed by atoms with E-state index in [-0.39, 0.29) is 11.2 Å². The Balaban J connectivity index is 1.42. The molecular weight excluding hydrogens is 421 g/mol. The molecule has 1 nitrogen and oxygen atoms in total. The van der Waals surface area contributed by atoms with Crippen LogP contribution in [0.4, 0.5) is 13.2 Å². The summed E-state index contributed by atoms with van der Waals surface area (Å²) in [6.07, 6.45) is 2.44. The van der Waals surface area contributed by atoms with E-state index >= 15 is 0 Å². The van der Waals surface area contributed by atoms with Crippen molar-refractivity contribution >= 4 is 10.8 Å². The van der Waals surface area contributed by atoms with E-state index in [9.17, 15) is 13.2 Å². The van der Waals surface area contributed by atoms with Crippen molar-refractivity contribution in [3.8, 4) is 11.8 Å². The zero-order valence-corrected chi connectivity index (χ0v) is 18.3. The van der Waals surface area contributed by atoms with E-state index < -0.39 is 11.6 Å². The van der Waals surface area contributed by atoms with Crippen LogP contribution in [0.5, 0.6) is 0 Å². The number of halogens is 3. The first-order chi connectivity index (χ1) is 16.0. The fourth-order valence-electron chi connectivity index (χ4n) is 3.68. The molecule has 33 heavy (non-hydrogen) atoms. The quantitative estimate of drug-likeness (QED) is 0.303.